The topological polar surface area (TPSA) is 25.2 Å². The third kappa shape index (κ3) is 3.66. The Balaban J connectivity index is 2.93. The molecule has 0 aromatic carbocycles. The summed E-state index contributed by atoms with van der Waals surface area (Å²) in [4.78, 5) is 8.26. The van der Waals surface area contributed by atoms with E-state index in [0.717, 1.165) is 17.7 Å². The molecule has 1 aromatic rings. The van der Waals surface area contributed by atoms with Gasteiger partial charge >= 0.3 is 0 Å². The number of aromatic nitrogens is 1. The first-order valence-corrected chi connectivity index (χ1v) is 5.78. The summed E-state index contributed by atoms with van der Waals surface area (Å²) in [5, 5.41) is 0. The Hall–Kier alpha value is -1.70. The molecule has 0 unspecified atom stereocenters. The summed E-state index contributed by atoms with van der Waals surface area (Å²) in [6, 6.07) is 2.15. The van der Waals surface area contributed by atoms with Crippen LogP contribution in [0.3, 0.4) is 0 Å². The Morgan fingerprint density at radius 3 is 2.65 bits per heavy atom. The molecule has 0 bridgehead atoms. The molecule has 0 aliphatic heterocycles. The highest BCUT2D eigenvalue weighted by Gasteiger charge is 2.03. The van der Waals surface area contributed by atoms with Crippen molar-refractivity contribution in [1.29, 1.82) is 0 Å². The number of hydrogen-bond acceptors (Lipinski definition) is 2. The van der Waals surface area contributed by atoms with Crippen LogP contribution in [0.5, 0.6) is 0 Å². The van der Waals surface area contributed by atoms with Crippen molar-refractivity contribution in [2.24, 2.45) is 4.99 Å². The molecule has 2 nitrogen and oxygen atoms in total. The molecule has 0 aliphatic rings. The standard InChI is InChI=1S/C15H20N2/c1-6-14(13(4)9-16-5)8-15-7-11(2)12(3)10-17-15/h6-7,9-10H,5,8H2,1-4H3/b13-9-,14-6-. The Bertz CT molecular complexity index is 468. The normalized spacial score (nSPS) is 12.7. The van der Waals surface area contributed by atoms with Crippen LogP contribution < -0.4 is 0 Å². The number of aliphatic imine (C=N–C) groups is 1. The number of nitrogens with zero attached hydrogens (tertiary/aromatic N) is 2. The van der Waals surface area contributed by atoms with E-state index in [1.807, 2.05) is 20.0 Å². The molecule has 0 aliphatic carbocycles. The first-order valence-electron chi connectivity index (χ1n) is 5.78. The molecule has 0 saturated carbocycles. The number of hydrogen-bond donors (Lipinski definition) is 0. The van der Waals surface area contributed by atoms with Gasteiger partial charge in [0.15, 0.2) is 0 Å². The zero-order chi connectivity index (χ0) is 12.8. The lowest BCUT2D eigenvalue weighted by Crippen LogP contribution is -1.97. The molecule has 0 radical (unpaired) electrons. The Labute approximate surface area is 104 Å². The van der Waals surface area contributed by atoms with Crippen LogP contribution in [-0.4, -0.2) is 11.7 Å². The van der Waals surface area contributed by atoms with Crippen LogP contribution in [0.1, 0.15) is 30.7 Å². The van der Waals surface area contributed by atoms with Gasteiger partial charge in [-0.15, -0.1) is 0 Å². The first kappa shape index (κ1) is 13.4. The summed E-state index contributed by atoms with van der Waals surface area (Å²) in [5.41, 5.74) is 6.00. The average Bonchev–Trinajstić information content (AvgIpc) is 2.30. The zero-order valence-electron chi connectivity index (χ0n) is 11.1. The van der Waals surface area contributed by atoms with Gasteiger partial charge in [0.1, 0.15) is 0 Å². The molecule has 90 valence electrons. The summed E-state index contributed by atoms with van der Waals surface area (Å²) in [5.74, 6) is 0. The van der Waals surface area contributed by atoms with Crippen molar-refractivity contribution in [1.82, 2.24) is 4.98 Å². The third-order valence-corrected chi connectivity index (χ3v) is 2.94. The van der Waals surface area contributed by atoms with Crippen molar-refractivity contribution in [2.75, 3.05) is 0 Å². The Kier molecular flexibility index (Phi) is 4.83. The van der Waals surface area contributed by atoms with Gasteiger partial charge in [0.05, 0.1) is 0 Å². The van der Waals surface area contributed by atoms with Crippen LogP contribution in [0.25, 0.3) is 0 Å². The second kappa shape index (κ2) is 6.14. The van der Waals surface area contributed by atoms with E-state index in [4.69, 9.17) is 0 Å². The van der Waals surface area contributed by atoms with Gasteiger partial charge in [-0.25, -0.2) is 0 Å². The number of allylic oxidation sites excluding steroid dienone is 3. The SMILES string of the molecule is C=N/C=C(C)\C(=C/C)Cc1cc(C)c(C)cn1. The lowest BCUT2D eigenvalue weighted by molar-refractivity contribution is 1.02. The molecule has 0 saturated heterocycles. The van der Waals surface area contributed by atoms with Crippen molar-refractivity contribution < 1.29 is 0 Å². The van der Waals surface area contributed by atoms with E-state index in [9.17, 15) is 0 Å². The van der Waals surface area contributed by atoms with E-state index < -0.39 is 0 Å². The summed E-state index contributed by atoms with van der Waals surface area (Å²) < 4.78 is 0. The van der Waals surface area contributed by atoms with Crippen LogP contribution in [0.2, 0.25) is 0 Å². The van der Waals surface area contributed by atoms with Gasteiger partial charge < -0.3 is 0 Å². The highest BCUT2D eigenvalue weighted by molar-refractivity contribution is 5.36. The fourth-order valence-electron chi connectivity index (χ4n) is 1.66. The maximum atomic E-state index is 4.46. The first-order chi connectivity index (χ1) is 8.08. The second-order valence-electron chi connectivity index (χ2n) is 4.25. The van der Waals surface area contributed by atoms with Gasteiger partial charge in [0, 0.05) is 24.5 Å². The molecular weight excluding hydrogens is 208 g/mol. The van der Waals surface area contributed by atoms with E-state index in [1.165, 1.54) is 16.7 Å². The van der Waals surface area contributed by atoms with Crippen LogP contribution in [0, 0.1) is 13.8 Å². The fourth-order valence-corrected chi connectivity index (χ4v) is 1.66. The molecule has 0 spiro atoms. The van der Waals surface area contributed by atoms with E-state index in [-0.39, 0.29) is 0 Å². The van der Waals surface area contributed by atoms with Gasteiger partial charge in [-0.1, -0.05) is 6.08 Å². The minimum atomic E-state index is 0.843. The number of rotatable bonds is 4. The van der Waals surface area contributed by atoms with Crippen LogP contribution >= 0.6 is 0 Å². The maximum absolute atomic E-state index is 4.46. The lowest BCUT2D eigenvalue weighted by atomic mass is 10.0. The number of pyridine rings is 1. The van der Waals surface area contributed by atoms with Gasteiger partial charge in [0.25, 0.3) is 0 Å². The fraction of sp³-hybridized carbons (Fsp3) is 0.333. The number of aryl methyl sites for hydroxylation is 2. The molecule has 0 fully saturated rings. The van der Waals surface area contributed by atoms with Crippen molar-refractivity contribution in [2.45, 2.75) is 34.1 Å². The molecule has 1 heterocycles. The predicted molar refractivity (Wildman–Crippen MR) is 74.5 cm³/mol. The quantitative estimate of drug-likeness (QED) is 0.568. The highest BCUT2D eigenvalue weighted by Crippen LogP contribution is 2.16. The minimum Gasteiger partial charge on any atom is -0.272 e. The largest absolute Gasteiger partial charge is 0.272 e. The van der Waals surface area contributed by atoms with Gasteiger partial charge in [-0.05, 0) is 62.8 Å². The molecular formula is C15H20N2. The summed E-state index contributed by atoms with van der Waals surface area (Å²) in [7, 11) is 0. The van der Waals surface area contributed by atoms with Crippen molar-refractivity contribution >= 4 is 6.72 Å². The summed E-state index contributed by atoms with van der Waals surface area (Å²) >= 11 is 0. The van der Waals surface area contributed by atoms with E-state index in [2.05, 4.69) is 42.7 Å². The van der Waals surface area contributed by atoms with Crippen LogP contribution in [0.4, 0.5) is 0 Å². The Morgan fingerprint density at radius 2 is 2.12 bits per heavy atom. The Morgan fingerprint density at radius 1 is 1.41 bits per heavy atom. The van der Waals surface area contributed by atoms with Crippen LogP contribution in [0.15, 0.2) is 40.7 Å². The van der Waals surface area contributed by atoms with Crippen molar-refractivity contribution in [3.63, 3.8) is 0 Å². The molecule has 1 rings (SSSR count). The molecule has 0 atom stereocenters. The van der Waals surface area contributed by atoms with Crippen molar-refractivity contribution in [3.05, 3.63) is 52.5 Å². The van der Waals surface area contributed by atoms with Gasteiger partial charge in [-0.2, -0.15) is 0 Å². The lowest BCUT2D eigenvalue weighted by Gasteiger charge is -2.08. The van der Waals surface area contributed by atoms with Gasteiger partial charge in [0.2, 0.25) is 0 Å². The zero-order valence-corrected chi connectivity index (χ0v) is 11.1. The smallest absolute Gasteiger partial charge is 0.0450 e. The molecule has 1 aromatic heterocycles. The van der Waals surface area contributed by atoms with Gasteiger partial charge in [-0.3, -0.25) is 9.98 Å². The van der Waals surface area contributed by atoms with Crippen molar-refractivity contribution in [3.8, 4) is 0 Å². The summed E-state index contributed by atoms with van der Waals surface area (Å²) in [6.07, 6.45) is 6.67. The molecule has 0 N–H and O–H groups in total. The molecule has 17 heavy (non-hydrogen) atoms. The third-order valence-electron chi connectivity index (χ3n) is 2.94. The highest BCUT2D eigenvalue weighted by atomic mass is 14.7. The minimum absolute atomic E-state index is 0.843. The van der Waals surface area contributed by atoms with E-state index in [1.54, 1.807) is 6.20 Å². The monoisotopic (exact) mass is 228 g/mol. The maximum Gasteiger partial charge on any atom is 0.0450 e. The van der Waals surface area contributed by atoms with Crippen LogP contribution in [-0.2, 0) is 6.42 Å². The molecule has 0 amide bonds. The second-order valence-corrected chi connectivity index (χ2v) is 4.25. The molecule has 2 heteroatoms. The van der Waals surface area contributed by atoms with E-state index in [0.29, 0.717) is 0 Å². The predicted octanol–water partition coefficient (Wildman–Crippen LogP) is 3.79. The summed E-state index contributed by atoms with van der Waals surface area (Å²) in [6.45, 7) is 11.8. The average molecular weight is 228 g/mol. The van der Waals surface area contributed by atoms with E-state index >= 15 is 0 Å².